The van der Waals surface area contributed by atoms with Gasteiger partial charge in [0.25, 0.3) is 0 Å². The SMILES string of the molecule is CC(C)CNC(N)=NCc1nnc2n1CCCC2. The van der Waals surface area contributed by atoms with Crippen molar-refractivity contribution in [2.24, 2.45) is 16.6 Å². The van der Waals surface area contributed by atoms with Crippen LogP contribution in [0.1, 0.15) is 38.3 Å². The predicted molar refractivity (Wildman–Crippen MR) is 71.1 cm³/mol. The largest absolute Gasteiger partial charge is 0.370 e. The molecule has 0 spiro atoms. The number of nitrogens with zero attached hydrogens (tertiary/aromatic N) is 4. The van der Waals surface area contributed by atoms with Crippen molar-refractivity contribution >= 4 is 5.96 Å². The van der Waals surface area contributed by atoms with Crippen LogP contribution in [0.4, 0.5) is 0 Å². The van der Waals surface area contributed by atoms with Gasteiger partial charge in [0.15, 0.2) is 11.8 Å². The Hall–Kier alpha value is -1.59. The summed E-state index contributed by atoms with van der Waals surface area (Å²) in [6, 6.07) is 0. The van der Waals surface area contributed by atoms with Gasteiger partial charge in [-0.05, 0) is 18.8 Å². The summed E-state index contributed by atoms with van der Waals surface area (Å²) < 4.78 is 2.17. The number of rotatable bonds is 4. The van der Waals surface area contributed by atoms with Crippen molar-refractivity contribution in [3.05, 3.63) is 11.6 Å². The minimum Gasteiger partial charge on any atom is -0.370 e. The molecule has 2 rings (SSSR count). The van der Waals surface area contributed by atoms with Crippen LogP contribution in [0, 0.1) is 5.92 Å². The average molecular weight is 250 g/mol. The molecule has 2 heterocycles. The molecule has 0 amide bonds. The molecule has 0 fully saturated rings. The van der Waals surface area contributed by atoms with Crippen molar-refractivity contribution in [2.75, 3.05) is 6.54 Å². The monoisotopic (exact) mass is 250 g/mol. The van der Waals surface area contributed by atoms with Gasteiger partial charge in [0, 0.05) is 19.5 Å². The molecule has 0 atom stereocenters. The summed E-state index contributed by atoms with van der Waals surface area (Å²) in [5, 5.41) is 11.5. The number of aliphatic imine (C=N–C) groups is 1. The number of nitrogens with two attached hydrogens (primary N) is 1. The van der Waals surface area contributed by atoms with Crippen LogP contribution in [0.3, 0.4) is 0 Å². The van der Waals surface area contributed by atoms with Crippen LogP contribution in [0.2, 0.25) is 0 Å². The van der Waals surface area contributed by atoms with E-state index in [1.54, 1.807) is 0 Å². The molecular formula is C12H22N6. The molecule has 0 bridgehead atoms. The van der Waals surface area contributed by atoms with Crippen LogP contribution in [0.25, 0.3) is 0 Å². The fourth-order valence-electron chi connectivity index (χ4n) is 2.01. The first-order valence-electron chi connectivity index (χ1n) is 6.61. The van der Waals surface area contributed by atoms with Crippen LogP contribution < -0.4 is 11.1 Å². The molecule has 0 saturated heterocycles. The zero-order chi connectivity index (χ0) is 13.0. The smallest absolute Gasteiger partial charge is 0.189 e. The molecule has 0 aromatic carbocycles. The fraction of sp³-hybridized carbons (Fsp3) is 0.750. The van der Waals surface area contributed by atoms with E-state index >= 15 is 0 Å². The molecule has 0 radical (unpaired) electrons. The molecule has 1 aromatic rings. The second-order valence-electron chi connectivity index (χ2n) is 5.12. The van der Waals surface area contributed by atoms with Crippen molar-refractivity contribution in [2.45, 2.75) is 46.2 Å². The Morgan fingerprint density at radius 3 is 3.06 bits per heavy atom. The molecule has 1 aromatic heterocycles. The topological polar surface area (TPSA) is 81.1 Å². The van der Waals surface area contributed by atoms with Crippen LogP contribution >= 0.6 is 0 Å². The first kappa shape index (κ1) is 12.9. The van der Waals surface area contributed by atoms with Gasteiger partial charge in [-0.15, -0.1) is 10.2 Å². The number of guanidine groups is 1. The van der Waals surface area contributed by atoms with Crippen LogP contribution in [-0.2, 0) is 19.5 Å². The maximum Gasteiger partial charge on any atom is 0.189 e. The Morgan fingerprint density at radius 1 is 1.44 bits per heavy atom. The summed E-state index contributed by atoms with van der Waals surface area (Å²) in [7, 11) is 0. The number of nitrogens with one attached hydrogen (secondary N) is 1. The molecule has 1 aliphatic rings. The lowest BCUT2D eigenvalue weighted by atomic mass is 10.2. The van der Waals surface area contributed by atoms with E-state index in [9.17, 15) is 0 Å². The maximum atomic E-state index is 5.80. The summed E-state index contributed by atoms with van der Waals surface area (Å²) in [4.78, 5) is 4.31. The number of aryl methyl sites for hydroxylation is 1. The molecule has 100 valence electrons. The zero-order valence-corrected chi connectivity index (χ0v) is 11.2. The minimum atomic E-state index is 0.483. The van der Waals surface area contributed by atoms with Gasteiger partial charge in [-0.3, -0.25) is 0 Å². The molecule has 18 heavy (non-hydrogen) atoms. The second-order valence-corrected chi connectivity index (χ2v) is 5.12. The Morgan fingerprint density at radius 2 is 2.28 bits per heavy atom. The molecule has 0 aliphatic carbocycles. The first-order valence-corrected chi connectivity index (χ1v) is 6.61. The van der Waals surface area contributed by atoms with Gasteiger partial charge in [-0.2, -0.15) is 0 Å². The van der Waals surface area contributed by atoms with Gasteiger partial charge in [0.2, 0.25) is 0 Å². The highest BCUT2D eigenvalue weighted by Gasteiger charge is 2.14. The maximum absolute atomic E-state index is 5.80. The van der Waals surface area contributed by atoms with E-state index in [4.69, 9.17) is 5.73 Å². The lowest BCUT2D eigenvalue weighted by molar-refractivity contribution is 0.508. The first-order chi connectivity index (χ1) is 8.66. The minimum absolute atomic E-state index is 0.483. The van der Waals surface area contributed by atoms with Crippen molar-refractivity contribution in [3.8, 4) is 0 Å². The van der Waals surface area contributed by atoms with Gasteiger partial charge in [-0.25, -0.2) is 4.99 Å². The highest BCUT2D eigenvalue weighted by molar-refractivity contribution is 5.77. The third-order valence-corrected chi connectivity index (χ3v) is 3.02. The summed E-state index contributed by atoms with van der Waals surface area (Å²) in [6.45, 7) is 6.62. The van der Waals surface area contributed by atoms with Crippen LogP contribution in [-0.4, -0.2) is 27.3 Å². The molecule has 0 unspecified atom stereocenters. The van der Waals surface area contributed by atoms with Gasteiger partial charge in [0.05, 0.1) is 0 Å². The lowest BCUT2D eigenvalue weighted by Gasteiger charge is -2.14. The van der Waals surface area contributed by atoms with Crippen molar-refractivity contribution < 1.29 is 0 Å². The van der Waals surface area contributed by atoms with E-state index in [1.165, 1.54) is 12.8 Å². The predicted octanol–water partition coefficient (Wildman–Crippen LogP) is 0.675. The standard InChI is InChI=1S/C12H22N6/c1-9(2)7-14-12(13)15-8-11-17-16-10-5-3-4-6-18(10)11/h9H,3-8H2,1-2H3,(H3,13,14,15). The van der Waals surface area contributed by atoms with E-state index in [0.29, 0.717) is 18.4 Å². The third kappa shape index (κ3) is 3.21. The van der Waals surface area contributed by atoms with Gasteiger partial charge in [-0.1, -0.05) is 13.8 Å². The summed E-state index contributed by atoms with van der Waals surface area (Å²) in [6.07, 6.45) is 3.43. The van der Waals surface area contributed by atoms with Gasteiger partial charge in [0.1, 0.15) is 12.4 Å². The average Bonchev–Trinajstić information content (AvgIpc) is 2.77. The van der Waals surface area contributed by atoms with E-state index in [0.717, 1.165) is 31.2 Å². The molecule has 3 N–H and O–H groups in total. The number of hydrogen-bond donors (Lipinski definition) is 2. The number of hydrogen-bond acceptors (Lipinski definition) is 3. The summed E-state index contributed by atoms with van der Waals surface area (Å²) in [5.41, 5.74) is 5.80. The molecule has 6 nitrogen and oxygen atoms in total. The highest BCUT2D eigenvalue weighted by Crippen LogP contribution is 2.14. The van der Waals surface area contributed by atoms with Gasteiger partial charge >= 0.3 is 0 Å². The Kier molecular flexibility index (Phi) is 4.17. The van der Waals surface area contributed by atoms with E-state index in [-0.39, 0.29) is 0 Å². The highest BCUT2D eigenvalue weighted by atomic mass is 15.3. The number of aromatic nitrogens is 3. The lowest BCUT2D eigenvalue weighted by Crippen LogP contribution is -2.34. The van der Waals surface area contributed by atoms with Gasteiger partial charge < -0.3 is 15.6 Å². The number of fused-ring (bicyclic) bond motifs is 1. The fourth-order valence-corrected chi connectivity index (χ4v) is 2.01. The van der Waals surface area contributed by atoms with Crippen LogP contribution in [0.5, 0.6) is 0 Å². The molecular weight excluding hydrogens is 228 g/mol. The molecule has 6 heteroatoms. The molecule has 0 saturated carbocycles. The third-order valence-electron chi connectivity index (χ3n) is 3.02. The Labute approximate surface area is 108 Å². The van der Waals surface area contributed by atoms with Crippen LogP contribution in [0.15, 0.2) is 4.99 Å². The Bertz CT molecular complexity index is 420. The Balaban J connectivity index is 1.93. The van der Waals surface area contributed by atoms with Crippen molar-refractivity contribution in [3.63, 3.8) is 0 Å². The van der Waals surface area contributed by atoms with E-state index < -0.39 is 0 Å². The van der Waals surface area contributed by atoms with E-state index in [2.05, 4.69) is 38.9 Å². The summed E-state index contributed by atoms with van der Waals surface area (Å²) in [5.74, 6) is 3.04. The van der Waals surface area contributed by atoms with Crippen molar-refractivity contribution in [1.29, 1.82) is 0 Å². The summed E-state index contributed by atoms with van der Waals surface area (Å²) >= 11 is 0. The van der Waals surface area contributed by atoms with Crippen molar-refractivity contribution in [1.82, 2.24) is 20.1 Å². The quantitative estimate of drug-likeness (QED) is 0.608. The second kappa shape index (κ2) is 5.84. The van der Waals surface area contributed by atoms with E-state index in [1.807, 2.05) is 0 Å². The normalized spacial score (nSPS) is 15.8. The zero-order valence-electron chi connectivity index (χ0n) is 11.2. The molecule has 1 aliphatic heterocycles.